The first-order valence-electron chi connectivity index (χ1n) is 8.58. The predicted octanol–water partition coefficient (Wildman–Crippen LogP) is 2.06. The fraction of sp³-hybridized carbons (Fsp3) is 0.474. The van der Waals surface area contributed by atoms with Crippen LogP contribution in [0.4, 0.5) is 5.69 Å². The van der Waals surface area contributed by atoms with Gasteiger partial charge in [0.15, 0.2) is 0 Å². The minimum atomic E-state index is -0.428. The van der Waals surface area contributed by atoms with Crippen LogP contribution in [-0.2, 0) is 25.5 Å². The fourth-order valence-corrected chi connectivity index (χ4v) is 2.90. The molecule has 0 saturated carbocycles. The number of ether oxygens (including phenoxy) is 2. The van der Waals surface area contributed by atoms with Gasteiger partial charge in [0.1, 0.15) is 5.60 Å². The Morgan fingerprint density at radius 1 is 1.44 bits per heavy atom. The van der Waals surface area contributed by atoms with Crippen LogP contribution in [0.5, 0.6) is 0 Å². The molecule has 1 aromatic rings. The van der Waals surface area contributed by atoms with Crippen molar-refractivity contribution in [3.63, 3.8) is 0 Å². The fourth-order valence-electron chi connectivity index (χ4n) is 2.90. The van der Waals surface area contributed by atoms with Gasteiger partial charge >= 0.3 is 0 Å². The van der Waals surface area contributed by atoms with Gasteiger partial charge in [-0.05, 0) is 43.5 Å². The molecule has 2 amide bonds. The number of hydrogen-bond donors (Lipinski definition) is 2. The summed E-state index contributed by atoms with van der Waals surface area (Å²) in [6.45, 7) is 7.64. The second-order valence-corrected chi connectivity index (χ2v) is 6.12. The molecular weight excluding hydrogens is 320 g/mol. The van der Waals surface area contributed by atoms with E-state index in [2.05, 4.69) is 17.2 Å². The summed E-state index contributed by atoms with van der Waals surface area (Å²) < 4.78 is 11.4. The van der Waals surface area contributed by atoms with Gasteiger partial charge in [0.05, 0.1) is 13.0 Å². The van der Waals surface area contributed by atoms with E-state index in [-0.39, 0.29) is 18.2 Å². The Kier molecular flexibility index (Phi) is 7.16. The van der Waals surface area contributed by atoms with E-state index in [1.165, 1.54) is 6.08 Å². The van der Waals surface area contributed by atoms with Gasteiger partial charge in [0, 0.05) is 25.4 Å². The van der Waals surface area contributed by atoms with Crippen molar-refractivity contribution in [2.75, 3.05) is 31.7 Å². The van der Waals surface area contributed by atoms with Crippen LogP contribution < -0.4 is 10.6 Å². The number of hydrogen-bond acceptors (Lipinski definition) is 4. The van der Waals surface area contributed by atoms with Crippen molar-refractivity contribution in [3.05, 3.63) is 42.5 Å². The molecule has 2 rings (SSSR count). The first-order chi connectivity index (χ1) is 12.1. The van der Waals surface area contributed by atoms with Gasteiger partial charge in [0.25, 0.3) is 0 Å². The van der Waals surface area contributed by atoms with Crippen molar-refractivity contribution in [2.45, 2.75) is 31.8 Å². The molecule has 1 aromatic carbocycles. The number of nitrogens with one attached hydrogen (secondary N) is 2. The second-order valence-electron chi connectivity index (χ2n) is 6.12. The van der Waals surface area contributed by atoms with Gasteiger partial charge in [0.2, 0.25) is 11.8 Å². The zero-order chi connectivity index (χ0) is 18.1. The number of amides is 2. The van der Waals surface area contributed by atoms with Gasteiger partial charge in [-0.2, -0.15) is 0 Å². The highest BCUT2D eigenvalue weighted by Crippen LogP contribution is 2.23. The van der Waals surface area contributed by atoms with Crippen LogP contribution in [0, 0.1) is 0 Å². The van der Waals surface area contributed by atoms with Crippen LogP contribution in [0.1, 0.15) is 25.3 Å². The summed E-state index contributed by atoms with van der Waals surface area (Å²) in [5, 5.41) is 5.64. The molecule has 1 saturated heterocycles. The molecule has 2 N–H and O–H groups in total. The van der Waals surface area contributed by atoms with E-state index in [1.54, 1.807) is 18.2 Å². The maximum atomic E-state index is 12.3. The van der Waals surface area contributed by atoms with Crippen LogP contribution in [0.2, 0.25) is 0 Å². The molecule has 6 heteroatoms. The normalized spacial score (nSPS) is 19.9. The maximum Gasteiger partial charge on any atom is 0.247 e. The molecule has 1 unspecified atom stereocenters. The second kappa shape index (κ2) is 9.34. The standard InChI is InChI=1S/C19H26N2O4/c1-3-17(22)21-16-8-5-7-15(11-16)12-18(23)20-13-19(25-4-2)9-6-10-24-14-19/h3,5,7-8,11H,1,4,6,9-10,12-14H2,2H3,(H,20,23)(H,21,22). The van der Waals surface area contributed by atoms with Crippen molar-refractivity contribution < 1.29 is 19.1 Å². The van der Waals surface area contributed by atoms with Crippen LogP contribution in [0.3, 0.4) is 0 Å². The summed E-state index contributed by atoms with van der Waals surface area (Å²) in [6, 6.07) is 7.21. The van der Waals surface area contributed by atoms with E-state index in [1.807, 2.05) is 13.0 Å². The lowest BCUT2D eigenvalue weighted by Crippen LogP contribution is -2.50. The van der Waals surface area contributed by atoms with Crippen molar-refractivity contribution in [3.8, 4) is 0 Å². The average molecular weight is 346 g/mol. The molecule has 136 valence electrons. The third-order valence-electron chi connectivity index (χ3n) is 4.09. The van der Waals surface area contributed by atoms with Crippen molar-refractivity contribution in [2.24, 2.45) is 0 Å². The van der Waals surface area contributed by atoms with Crippen LogP contribution in [-0.4, -0.2) is 43.8 Å². The molecule has 0 aliphatic carbocycles. The Labute approximate surface area is 148 Å². The van der Waals surface area contributed by atoms with Gasteiger partial charge in [-0.15, -0.1) is 0 Å². The summed E-state index contributed by atoms with van der Waals surface area (Å²) in [5.74, 6) is -0.366. The minimum absolute atomic E-state index is 0.0863. The van der Waals surface area contributed by atoms with E-state index >= 15 is 0 Å². The molecule has 1 aliphatic rings. The molecule has 0 spiro atoms. The summed E-state index contributed by atoms with van der Waals surface area (Å²) in [6.07, 6.45) is 3.25. The SMILES string of the molecule is C=CC(=O)Nc1cccc(CC(=O)NCC2(OCC)CCCOC2)c1. The Hall–Kier alpha value is -2.18. The van der Waals surface area contributed by atoms with Gasteiger partial charge in [-0.3, -0.25) is 9.59 Å². The number of anilines is 1. The van der Waals surface area contributed by atoms with E-state index in [4.69, 9.17) is 9.47 Å². The highest BCUT2D eigenvalue weighted by Gasteiger charge is 2.33. The molecule has 0 bridgehead atoms. The molecule has 1 heterocycles. The number of benzene rings is 1. The monoisotopic (exact) mass is 346 g/mol. The highest BCUT2D eigenvalue weighted by atomic mass is 16.5. The van der Waals surface area contributed by atoms with Crippen molar-refractivity contribution in [1.82, 2.24) is 5.32 Å². The summed E-state index contributed by atoms with van der Waals surface area (Å²) >= 11 is 0. The molecule has 1 aliphatic heterocycles. The zero-order valence-electron chi connectivity index (χ0n) is 14.7. The van der Waals surface area contributed by atoms with E-state index < -0.39 is 5.60 Å². The summed E-state index contributed by atoms with van der Waals surface area (Å²) in [4.78, 5) is 23.6. The zero-order valence-corrected chi connectivity index (χ0v) is 14.7. The average Bonchev–Trinajstić information content (AvgIpc) is 2.61. The highest BCUT2D eigenvalue weighted by molar-refractivity contribution is 5.98. The summed E-state index contributed by atoms with van der Waals surface area (Å²) in [7, 11) is 0. The third-order valence-corrected chi connectivity index (χ3v) is 4.09. The smallest absolute Gasteiger partial charge is 0.247 e. The molecule has 1 atom stereocenters. The lowest BCUT2D eigenvalue weighted by Gasteiger charge is -2.36. The maximum absolute atomic E-state index is 12.3. The van der Waals surface area contributed by atoms with Crippen LogP contribution >= 0.6 is 0 Å². The summed E-state index contributed by atoms with van der Waals surface area (Å²) in [5.41, 5.74) is 1.04. The first-order valence-corrected chi connectivity index (χ1v) is 8.58. The minimum Gasteiger partial charge on any atom is -0.378 e. The molecule has 1 fully saturated rings. The van der Waals surface area contributed by atoms with Gasteiger partial charge < -0.3 is 20.1 Å². The van der Waals surface area contributed by atoms with E-state index in [0.29, 0.717) is 25.4 Å². The first kappa shape index (κ1) is 19.1. The van der Waals surface area contributed by atoms with E-state index in [9.17, 15) is 9.59 Å². The lowest BCUT2D eigenvalue weighted by molar-refractivity contribution is -0.134. The molecule has 6 nitrogen and oxygen atoms in total. The quantitative estimate of drug-likeness (QED) is 0.707. The number of carbonyl (C=O) groups is 2. The Morgan fingerprint density at radius 2 is 2.28 bits per heavy atom. The number of carbonyl (C=O) groups excluding carboxylic acids is 2. The van der Waals surface area contributed by atoms with Gasteiger partial charge in [-0.1, -0.05) is 18.7 Å². The number of rotatable bonds is 8. The van der Waals surface area contributed by atoms with Crippen LogP contribution in [0.15, 0.2) is 36.9 Å². The lowest BCUT2D eigenvalue weighted by atomic mass is 9.96. The van der Waals surface area contributed by atoms with Crippen molar-refractivity contribution >= 4 is 17.5 Å². The third kappa shape index (κ3) is 5.99. The molecule has 0 radical (unpaired) electrons. The predicted molar refractivity (Wildman–Crippen MR) is 96.4 cm³/mol. The van der Waals surface area contributed by atoms with Crippen LogP contribution in [0.25, 0.3) is 0 Å². The topological polar surface area (TPSA) is 76.7 Å². The Balaban J connectivity index is 1.90. The molecule has 0 aromatic heterocycles. The van der Waals surface area contributed by atoms with Crippen molar-refractivity contribution in [1.29, 1.82) is 0 Å². The Morgan fingerprint density at radius 3 is 2.96 bits per heavy atom. The largest absolute Gasteiger partial charge is 0.378 e. The van der Waals surface area contributed by atoms with Gasteiger partial charge in [-0.25, -0.2) is 0 Å². The van der Waals surface area contributed by atoms with E-state index in [0.717, 1.165) is 25.0 Å². The Bertz CT molecular complexity index is 604. The molecule has 25 heavy (non-hydrogen) atoms. The molecular formula is C19H26N2O4.